The van der Waals surface area contributed by atoms with E-state index in [1.54, 1.807) is 24.5 Å². The lowest BCUT2D eigenvalue weighted by molar-refractivity contribution is 0.255. The Hall–Kier alpha value is -1.55. The zero-order chi connectivity index (χ0) is 11.4. The Balaban J connectivity index is 1.84. The van der Waals surface area contributed by atoms with Gasteiger partial charge in [0.15, 0.2) is 5.15 Å². The lowest BCUT2D eigenvalue weighted by Crippen LogP contribution is -2.24. The summed E-state index contributed by atoms with van der Waals surface area (Å²) in [5.41, 5.74) is 0.501. The minimum atomic E-state index is -0.313. The molecule has 1 saturated carbocycles. The monoisotopic (exact) mass is 237 g/mol. The number of halogens is 1. The number of hydrogen-bond acceptors (Lipinski definition) is 2. The molecule has 1 aromatic heterocycles. The summed E-state index contributed by atoms with van der Waals surface area (Å²) in [5.74, 6) is 0.641. The molecule has 0 atom stereocenters. The van der Waals surface area contributed by atoms with Gasteiger partial charge in [-0.05, 0) is 30.9 Å². The first kappa shape index (κ1) is 11.0. The molecule has 0 spiro atoms. The second-order valence-corrected chi connectivity index (χ2v) is 3.99. The number of allylic oxidation sites excluding steroid dienone is 1. The van der Waals surface area contributed by atoms with E-state index in [-0.39, 0.29) is 11.2 Å². The summed E-state index contributed by atoms with van der Waals surface area (Å²) in [6, 6.07) is 3.09. The van der Waals surface area contributed by atoms with Crippen molar-refractivity contribution in [3.8, 4) is 0 Å². The van der Waals surface area contributed by atoms with E-state index in [0.717, 1.165) is 0 Å². The van der Waals surface area contributed by atoms with Crippen LogP contribution in [-0.2, 0) is 0 Å². The van der Waals surface area contributed by atoms with Crippen LogP contribution in [0.2, 0.25) is 5.15 Å². The Morgan fingerprint density at radius 3 is 3.06 bits per heavy atom. The van der Waals surface area contributed by atoms with E-state index in [1.165, 1.54) is 12.8 Å². The Bertz CT molecular complexity index is 415. The SMILES string of the molecule is O=C(N/C=C/C1CC1)Nc1cccnc1Cl. The van der Waals surface area contributed by atoms with Gasteiger partial charge in [0.1, 0.15) is 0 Å². The number of carbonyl (C=O) groups is 1. The Morgan fingerprint density at radius 1 is 1.56 bits per heavy atom. The van der Waals surface area contributed by atoms with Crippen molar-refractivity contribution in [3.05, 3.63) is 35.8 Å². The number of anilines is 1. The van der Waals surface area contributed by atoms with E-state index in [4.69, 9.17) is 11.6 Å². The van der Waals surface area contributed by atoms with E-state index in [2.05, 4.69) is 15.6 Å². The van der Waals surface area contributed by atoms with Crippen molar-refractivity contribution in [2.45, 2.75) is 12.8 Å². The van der Waals surface area contributed by atoms with E-state index in [0.29, 0.717) is 11.6 Å². The van der Waals surface area contributed by atoms with Crippen molar-refractivity contribution in [1.29, 1.82) is 0 Å². The van der Waals surface area contributed by atoms with Crippen molar-refractivity contribution in [3.63, 3.8) is 0 Å². The van der Waals surface area contributed by atoms with Crippen LogP contribution >= 0.6 is 11.6 Å². The fourth-order valence-electron chi connectivity index (χ4n) is 1.19. The minimum absolute atomic E-state index is 0.281. The zero-order valence-corrected chi connectivity index (χ0v) is 9.37. The highest BCUT2D eigenvalue weighted by molar-refractivity contribution is 6.32. The molecule has 84 valence electrons. The van der Waals surface area contributed by atoms with Crippen LogP contribution < -0.4 is 10.6 Å². The number of aromatic nitrogens is 1. The maximum Gasteiger partial charge on any atom is 0.323 e. The third-order valence-electron chi connectivity index (χ3n) is 2.21. The topological polar surface area (TPSA) is 54.0 Å². The number of hydrogen-bond donors (Lipinski definition) is 2. The molecule has 1 aromatic rings. The highest BCUT2D eigenvalue weighted by Crippen LogP contribution is 2.29. The molecule has 1 aliphatic rings. The Morgan fingerprint density at radius 2 is 2.38 bits per heavy atom. The Labute approximate surface area is 98.7 Å². The van der Waals surface area contributed by atoms with E-state index >= 15 is 0 Å². The number of nitrogens with one attached hydrogen (secondary N) is 2. The average molecular weight is 238 g/mol. The van der Waals surface area contributed by atoms with Crippen molar-refractivity contribution in [2.24, 2.45) is 5.92 Å². The van der Waals surface area contributed by atoms with Gasteiger partial charge in [-0.25, -0.2) is 9.78 Å². The van der Waals surface area contributed by atoms with Crippen LogP contribution in [0.5, 0.6) is 0 Å². The first-order valence-electron chi connectivity index (χ1n) is 5.10. The molecule has 2 rings (SSSR count). The molecule has 5 heteroatoms. The molecule has 4 nitrogen and oxygen atoms in total. The van der Waals surface area contributed by atoms with Gasteiger partial charge in [0, 0.05) is 12.4 Å². The van der Waals surface area contributed by atoms with Crippen molar-refractivity contribution in [1.82, 2.24) is 10.3 Å². The van der Waals surface area contributed by atoms with Gasteiger partial charge >= 0.3 is 6.03 Å². The molecule has 2 N–H and O–H groups in total. The van der Waals surface area contributed by atoms with Crippen molar-refractivity contribution in [2.75, 3.05) is 5.32 Å². The van der Waals surface area contributed by atoms with Gasteiger partial charge in [-0.15, -0.1) is 0 Å². The fraction of sp³-hybridized carbons (Fsp3) is 0.273. The number of nitrogens with zero attached hydrogens (tertiary/aromatic N) is 1. The second kappa shape index (κ2) is 4.99. The summed E-state index contributed by atoms with van der Waals surface area (Å²) >= 11 is 5.79. The first-order valence-corrected chi connectivity index (χ1v) is 5.48. The van der Waals surface area contributed by atoms with Crippen LogP contribution in [0, 0.1) is 5.92 Å². The molecule has 0 unspecified atom stereocenters. The summed E-state index contributed by atoms with van der Waals surface area (Å²) < 4.78 is 0. The third kappa shape index (κ3) is 3.24. The average Bonchev–Trinajstić information content (AvgIpc) is 3.05. The smallest absolute Gasteiger partial charge is 0.315 e. The van der Waals surface area contributed by atoms with Crippen LogP contribution in [0.3, 0.4) is 0 Å². The largest absolute Gasteiger partial charge is 0.323 e. The van der Waals surface area contributed by atoms with E-state index in [9.17, 15) is 4.79 Å². The number of urea groups is 1. The molecule has 1 aliphatic carbocycles. The van der Waals surface area contributed by atoms with Crippen LogP contribution in [0.25, 0.3) is 0 Å². The molecule has 0 saturated heterocycles. The van der Waals surface area contributed by atoms with Crippen LogP contribution in [0.1, 0.15) is 12.8 Å². The van der Waals surface area contributed by atoms with Gasteiger partial charge in [-0.3, -0.25) is 0 Å². The van der Waals surface area contributed by atoms with Crippen molar-refractivity contribution >= 4 is 23.3 Å². The summed E-state index contributed by atoms with van der Waals surface area (Å²) in [4.78, 5) is 15.3. The highest BCUT2D eigenvalue weighted by atomic mass is 35.5. The lowest BCUT2D eigenvalue weighted by atomic mass is 10.4. The van der Waals surface area contributed by atoms with E-state index in [1.807, 2.05) is 6.08 Å². The minimum Gasteiger partial charge on any atom is -0.315 e. The van der Waals surface area contributed by atoms with Gasteiger partial charge in [-0.1, -0.05) is 17.7 Å². The van der Waals surface area contributed by atoms with Crippen LogP contribution in [-0.4, -0.2) is 11.0 Å². The predicted molar refractivity (Wildman–Crippen MR) is 63.3 cm³/mol. The Kier molecular flexibility index (Phi) is 3.41. The van der Waals surface area contributed by atoms with Crippen LogP contribution in [0.15, 0.2) is 30.6 Å². The standard InChI is InChI=1S/C11H12ClN3O/c12-10-9(2-1-6-13-10)15-11(16)14-7-5-8-3-4-8/h1-2,5-8H,3-4H2,(H2,14,15,16)/b7-5+. The van der Waals surface area contributed by atoms with Gasteiger partial charge in [0.05, 0.1) is 5.69 Å². The fourth-order valence-corrected chi connectivity index (χ4v) is 1.35. The maximum atomic E-state index is 11.4. The molecule has 0 aliphatic heterocycles. The van der Waals surface area contributed by atoms with Crippen LogP contribution in [0.4, 0.5) is 10.5 Å². The van der Waals surface area contributed by atoms with Gasteiger partial charge in [0.2, 0.25) is 0 Å². The number of pyridine rings is 1. The van der Waals surface area contributed by atoms with E-state index < -0.39 is 0 Å². The van der Waals surface area contributed by atoms with Gasteiger partial charge in [-0.2, -0.15) is 0 Å². The molecular weight excluding hydrogens is 226 g/mol. The number of carbonyl (C=O) groups excluding carboxylic acids is 1. The molecule has 1 fully saturated rings. The second-order valence-electron chi connectivity index (χ2n) is 3.64. The zero-order valence-electron chi connectivity index (χ0n) is 8.61. The normalized spacial score (nSPS) is 15.1. The van der Waals surface area contributed by atoms with Crippen molar-refractivity contribution < 1.29 is 4.79 Å². The molecule has 0 bridgehead atoms. The highest BCUT2D eigenvalue weighted by Gasteiger charge is 2.17. The molecule has 16 heavy (non-hydrogen) atoms. The molecule has 0 radical (unpaired) electrons. The molecule has 2 amide bonds. The third-order valence-corrected chi connectivity index (χ3v) is 2.51. The lowest BCUT2D eigenvalue weighted by Gasteiger charge is -2.04. The molecule has 0 aromatic carbocycles. The molecular formula is C11H12ClN3O. The summed E-state index contributed by atoms with van der Waals surface area (Å²) in [7, 11) is 0. The number of rotatable bonds is 3. The summed E-state index contributed by atoms with van der Waals surface area (Å²) in [5, 5.41) is 5.50. The first-order chi connectivity index (χ1) is 7.75. The summed E-state index contributed by atoms with van der Waals surface area (Å²) in [6.45, 7) is 0. The quantitative estimate of drug-likeness (QED) is 0.795. The maximum absolute atomic E-state index is 11.4. The molecule has 1 heterocycles. The van der Waals surface area contributed by atoms with Gasteiger partial charge < -0.3 is 10.6 Å². The van der Waals surface area contributed by atoms with Gasteiger partial charge in [0.25, 0.3) is 0 Å². The predicted octanol–water partition coefficient (Wildman–Crippen LogP) is 2.78. The number of amides is 2. The summed E-state index contributed by atoms with van der Waals surface area (Å²) in [6.07, 6.45) is 7.66.